The van der Waals surface area contributed by atoms with Crippen LogP contribution in [0.15, 0.2) is 78.9 Å². The molecule has 1 aliphatic rings. The van der Waals surface area contributed by atoms with Crippen molar-refractivity contribution in [2.24, 2.45) is 0 Å². The number of methoxy groups -OCH3 is 1. The zero-order valence-electron chi connectivity index (χ0n) is 21.5. The van der Waals surface area contributed by atoms with E-state index in [-0.39, 0.29) is 24.9 Å². The number of ether oxygens (including phenoxy) is 1. The smallest absolute Gasteiger partial charge is 0.277 e. The van der Waals surface area contributed by atoms with Crippen LogP contribution < -0.4 is 15.0 Å². The number of carbonyl (C=O) groups is 2. The maximum atomic E-state index is 14.0. The van der Waals surface area contributed by atoms with Crippen LogP contribution in [0.25, 0.3) is 11.3 Å². The summed E-state index contributed by atoms with van der Waals surface area (Å²) in [6.07, 6.45) is 0. The SMILES string of the molecule is COc1ccccc1CNC(=O)C1(C)Cn2nc(-c3ccccc3)cc2C(=O)N1c1cc(C)cc(C)c1. The zero-order chi connectivity index (χ0) is 26.2. The van der Waals surface area contributed by atoms with Crippen LogP contribution >= 0.6 is 0 Å². The predicted octanol–water partition coefficient (Wildman–Crippen LogP) is 4.91. The van der Waals surface area contributed by atoms with Gasteiger partial charge in [0, 0.05) is 23.4 Å². The summed E-state index contributed by atoms with van der Waals surface area (Å²) in [7, 11) is 1.60. The highest BCUT2D eigenvalue weighted by Crippen LogP contribution is 2.35. The Morgan fingerprint density at radius 2 is 1.68 bits per heavy atom. The number of anilines is 1. The minimum absolute atomic E-state index is 0.214. The molecule has 1 atom stereocenters. The van der Waals surface area contributed by atoms with Gasteiger partial charge < -0.3 is 10.1 Å². The van der Waals surface area contributed by atoms with Gasteiger partial charge in [-0.3, -0.25) is 19.2 Å². The van der Waals surface area contributed by atoms with E-state index < -0.39 is 5.54 Å². The van der Waals surface area contributed by atoms with E-state index in [9.17, 15) is 9.59 Å². The average molecular weight is 495 g/mol. The topological polar surface area (TPSA) is 76.5 Å². The molecule has 0 saturated heterocycles. The number of aryl methyl sites for hydroxylation is 2. The largest absolute Gasteiger partial charge is 0.496 e. The van der Waals surface area contributed by atoms with Crippen molar-refractivity contribution >= 4 is 17.5 Å². The number of benzene rings is 3. The Balaban J connectivity index is 1.56. The summed E-state index contributed by atoms with van der Waals surface area (Å²) in [5.41, 5.74) is 4.42. The summed E-state index contributed by atoms with van der Waals surface area (Å²) in [6.45, 7) is 6.26. The summed E-state index contributed by atoms with van der Waals surface area (Å²) in [5.74, 6) is 0.162. The molecule has 1 aliphatic heterocycles. The van der Waals surface area contributed by atoms with Crippen molar-refractivity contribution in [3.05, 3.63) is 101 Å². The molecule has 5 rings (SSSR count). The Labute approximate surface area is 216 Å². The number of aromatic nitrogens is 2. The van der Waals surface area contributed by atoms with Crippen LogP contribution in [0.4, 0.5) is 5.69 Å². The number of amides is 2. The van der Waals surface area contributed by atoms with Gasteiger partial charge in [0.1, 0.15) is 17.0 Å². The first-order valence-electron chi connectivity index (χ1n) is 12.3. The molecule has 188 valence electrons. The molecular formula is C30H30N4O3. The molecule has 1 N–H and O–H groups in total. The number of carbonyl (C=O) groups excluding carboxylic acids is 2. The standard InChI is InChI=1S/C30H30N4O3/c1-20-14-21(2)16-24(15-20)34-28(35)26-17-25(22-10-6-5-7-11-22)32-33(26)19-30(34,3)29(36)31-18-23-12-8-9-13-27(23)37-4/h5-17H,18-19H2,1-4H3,(H,31,36). The molecule has 4 aromatic rings. The molecule has 37 heavy (non-hydrogen) atoms. The fraction of sp³-hybridized carbons (Fsp3) is 0.233. The van der Waals surface area contributed by atoms with E-state index in [1.165, 1.54) is 0 Å². The maximum Gasteiger partial charge on any atom is 0.277 e. The lowest BCUT2D eigenvalue weighted by Crippen LogP contribution is -2.64. The third kappa shape index (κ3) is 4.48. The van der Waals surface area contributed by atoms with Crippen molar-refractivity contribution in [2.45, 2.75) is 39.4 Å². The Bertz CT molecular complexity index is 1460. The lowest BCUT2D eigenvalue weighted by atomic mass is 9.93. The van der Waals surface area contributed by atoms with E-state index >= 15 is 0 Å². The van der Waals surface area contributed by atoms with Gasteiger partial charge in [0.25, 0.3) is 5.91 Å². The molecule has 7 heteroatoms. The third-order valence-corrected chi connectivity index (χ3v) is 6.81. The van der Waals surface area contributed by atoms with Gasteiger partial charge in [0.2, 0.25) is 5.91 Å². The van der Waals surface area contributed by atoms with Gasteiger partial charge in [-0.25, -0.2) is 0 Å². The average Bonchev–Trinajstić information content (AvgIpc) is 3.31. The van der Waals surface area contributed by atoms with E-state index in [1.807, 2.05) is 80.6 Å². The van der Waals surface area contributed by atoms with Crippen LogP contribution in [0.5, 0.6) is 5.75 Å². The molecule has 0 saturated carbocycles. The quantitative estimate of drug-likeness (QED) is 0.413. The van der Waals surface area contributed by atoms with Crippen molar-refractivity contribution in [1.29, 1.82) is 0 Å². The second kappa shape index (κ2) is 9.58. The van der Waals surface area contributed by atoms with Crippen molar-refractivity contribution in [1.82, 2.24) is 15.1 Å². The number of hydrogen-bond acceptors (Lipinski definition) is 4. The molecule has 2 heterocycles. The van der Waals surface area contributed by atoms with E-state index in [2.05, 4.69) is 11.4 Å². The molecular weight excluding hydrogens is 464 g/mol. The van der Waals surface area contributed by atoms with Crippen LogP contribution in [0.2, 0.25) is 0 Å². The Morgan fingerprint density at radius 3 is 2.38 bits per heavy atom. The molecule has 0 aliphatic carbocycles. The highest BCUT2D eigenvalue weighted by Gasteiger charge is 2.49. The van der Waals surface area contributed by atoms with Crippen molar-refractivity contribution in [2.75, 3.05) is 12.0 Å². The predicted molar refractivity (Wildman–Crippen MR) is 144 cm³/mol. The van der Waals surface area contributed by atoms with Crippen LogP contribution in [-0.4, -0.2) is 34.2 Å². The lowest BCUT2D eigenvalue weighted by Gasteiger charge is -2.43. The van der Waals surface area contributed by atoms with Gasteiger partial charge in [-0.05, 0) is 56.2 Å². The molecule has 7 nitrogen and oxygen atoms in total. The van der Waals surface area contributed by atoms with Gasteiger partial charge >= 0.3 is 0 Å². The summed E-state index contributed by atoms with van der Waals surface area (Å²) in [4.78, 5) is 29.6. The van der Waals surface area contributed by atoms with Crippen LogP contribution in [0, 0.1) is 13.8 Å². The summed E-state index contributed by atoms with van der Waals surface area (Å²) >= 11 is 0. The van der Waals surface area contributed by atoms with Crippen molar-refractivity contribution in [3.8, 4) is 17.0 Å². The first-order chi connectivity index (χ1) is 17.8. The molecule has 0 radical (unpaired) electrons. The van der Waals surface area contributed by atoms with E-state index in [1.54, 1.807) is 29.7 Å². The molecule has 1 aromatic heterocycles. The fourth-order valence-electron chi connectivity index (χ4n) is 5.03. The van der Waals surface area contributed by atoms with Gasteiger partial charge in [-0.2, -0.15) is 5.10 Å². The minimum atomic E-state index is -1.22. The Kier molecular flexibility index (Phi) is 6.29. The van der Waals surface area contributed by atoms with Crippen LogP contribution in [0.3, 0.4) is 0 Å². The monoisotopic (exact) mass is 494 g/mol. The Morgan fingerprint density at radius 1 is 1.00 bits per heavy atom. The number of nitrogens with zero attached hydrogens (tertiary/aromatic N) is 3. The van der Waals surface area contributed by atoms with E-state index in [0.717, 1.165) is 22.3 Å². The molecule has 2 amide bonds. The summed E-state index contributed by atoms with van der Waals surface area (Å²) in [5, 5.41) is 7.78. The van der Waals surface area contributed by atoms with E-state index in [0.29, 0.717) is 22.8 Å². The first-order valence-corrected chi connectivity index (χ1v) is 12.3. The van der Waals surface area contributed by atoms with E-state index in [4.69, 9.17) is 9.84 Å². The number of para-hydroxylation sites is 1. The van der Waals surface area contributed by atoms with Crippen LogP contribution in [-0.2, 0) is 17.9 Å². The zero-order valence-corrected chi connectivity index (χ0v) is 21.5. The second-order valence-corrected chi connectivity index (χ2v) is 9.69. The molecule has 0 bridgehead atoms. The second-order valence-electron chi connectivity index (χ2n) is 9.69. The first kappa shape index (κ1) is 24.3. The minimum Gasteiger partial charge on any atom is -0.496 e. The Hall–Kier alpha value is -4.39. The third-order valence-electron chi connectivity index (χ3n) is 6.81. The number of rotatable bonds is 6. The highest BCUT2D eigenvalue weighted by molar-refractivity contribution is 6.12. The van der Waals surface area contributed by atoms with Gasteiger partial charge in [-0.1, -0.05) is 54.6 Å². The normalized spacial score (nSPS) is 16.9. The molecule has 0 spiro atoms. The number of fused-ring (bicyclic) bond motifs is 1. The molecule has 1 unspecified atom stereocenters. The molecule has 0 fully saturated rings. The lowest BCUT2D eigenvalue weighted by molar-refractivity contribution is -0.126. The van der Waals surface area contributed by atoms with Gasteiger partial charge in [0.15, 0.2) is 0 Å². The van der Waals surface area contributed by atoms with Crippen molar-refractivity contribution in [3.63, 3.8) is 0 Å². The highest BCUT2D eigenvalue weighted by atomic mass is 16.5. The summed E-state index contributed by atoms with van der Waals surface area (Å²) in [6, 6.07) is 25.0. The van der Waals surface area contributed by atoms with Gasteiger partial charge in [-0.15, -0.1) is 0 Å². The number of nitrogens with one attached hydrogen (secondary N) is 1. The maximum absolute atomic E-state index is 14.0. The van der Waals surface area contributed by atoms with Gasteiger partial charge in [0.05, 0.1) is 19.3 Å². The molecule has 3 aromatic carbocycles. The fourth-order valence-corrected chi connectivity index (χ4v) is 5.03. The van der Waals surface area contributed by atoms with Crippen molar-refractivity contribution < 1.29 is 14.3 Å². The summed E-state index contributed by atoms with van der Waals surface area (Å²) < 4.78 is 7.10. The number of hydrogen-bond donors (Lipinski definition) is 1. The van der Waals surface area contributed by atoms with Crippen LogP contribution in [0.1, 0.15) is 34.1 Å².